The SMILES string of the molecule is CCc1cccnc1-c1nc(CC(C)C)c(CNC)s1. The predicted octanol–water partition coefficient (Wildman–Crippen LogP) is 3.69. The first kappa shape index (κ1) is 15.1. The monoisotopic (exact) mass is 289 g/mol. The topological polar surface area (TPSA) is 37.8 Å². The minimum Gasteiger partial charge on any atom is -0.315 e. The summed E-state index contributed by atoms with van der Waals surface area (Å²) in [4.78, 5) is 10.7. The molecule has 0 atom stereocenters. The molecule has 3 nitrogen and oxygen atoms in total. The van der Waals surface area contributed by atoms with Gasteiger partial charge in [0.05, 0.1) is 5.69 Å². The summed E-state index contributed by atoms with van der Waals surface area (Å²) >= 11 is 1.77. The highest BCUT2D eigenvalue weighted by Crippen LogP contribution is 2.30. The van der Waals surface area contributed by atoms with Crippen LogP contribution >= 0.6 is 11.3 Å². The van der Waals surface area contributed by atoms with Gasteiger partial charge >= 0.3 is 0 Å². The molecular formula is C16H23N3S. The van der Waals surface area contributed by atoms with Gasteiger partial charge in [0.15, 0.2) is 0 Å². The Hall–Kier alpha value is -1.26. The highest BCUT2D eigenvalue weighted by atomic mass is 32.1. The normalized spacial score (nSPS) is 11.2. The van der Waals surface area contributed by atoms with Gasteiger partial charge in [-0.15, -0.1) is 11.3 Å². The van der Waals surface area contributed by atoms with E-state index < -0.39 is 0 Å². The van der Waals surface area contributed by atoms with Crippen LogP contribution in [0.1, 0.15) is 36.9 Å². The van der Waals surface area contributed by atoms with E-state index in [0.29, 0.717) is 5.92 Å². The van der Waals surface area contributed by atoms with E-state index in [1.807, 2.05) is 19.3 Å². The van der Waals surface area contributed by atoms with Crippen LogP contribution in [0.4, 0.5) is 0 Å². The molecule has 0 bridgehead atoms. The van der Waals surface area contributed by atoms with Crippen molar-refractivity contribution in [1.82, 2.24) is 15.3 Å². The number of nitrogens with zero attached hydrogens (tertiary/aromatic N) is 2. The Morgan fingerprint density at radius 2 is 2.15 bits per heavy atom. The second-order valence-corrected chi connectivity index (χ2v) is 6.47. The zero-order valence-electron chi connectivity index (χ0n) is 12.7. The van der Waals surface area contributed by atoms with Crippen molar-refractivity contribution < 1.29 is 0 Å². The molecule has 0 radical (unpaired) electrons. The number of aromatic nitrogens is 2. The Balaban J connectivity index is 2.41. The second-order valence-electron chi connectivity index (χ2n) is 5.38. The lowest BCUT2D eigenvalue weighted by Crippen LogP contribution is -2.07. The van der Waals surface area contributed by atoms with Crippen LogP contribution < -0.4 is 5.32 Å². The van der Waals surface area contributed by atoms with Crippen LogP contribution in [0.5, 0.6) is 0 Å². The molecule has 0 aliphatic rings. The maximum Gasteiger partial charge on any atom is 0.142 e. The average molecular weight is 289 g/mol. The van der Waals surface area contributed by atoms with E-state index in [0.717, 1.165) is 30.1 Å². The van der Waals surface area contributed by atoms with Gasteiger partial charge in [0.2, 0.25) is 0 Å². The van der Waals surface area contributed by atoms with Gasteiger partial charge in [-0.25, -0.2) is 4.98 Å². The lowest BCUT2D eigenvalue weighted by Gasteiger charge is -2.04. The number of thiazole rings is 1. The van der Waals surface area contributed by atoms with Crippen molar-refractivity contribution in [1.29, 1.82) is 0 Å². The van der Waals surface area contributed by atoms with E-state index in [2.05, 4.69) is 37.1 Å². The maximum absolute atomic E-state index is 4.86. The number of hydrogen-bond donors (Lipinski definition) is 1. The molecule has 0 aromatic carbocycles. The van der Waals surface area contributed by atoms with Crippen molar-refractivity contribution in [2.75, 3.05) is 7.05 Å². The van der Waals surface area contributed by atoms with Crippen LogP contribution in [0.2, 0.25) is 0 Å². The molecule has 20 heavy (non-hydrogen) atoms. The molecule has 0 saturated heterocycles. The van der Waals surface area contributed by atoms with Crippen molar-refractivity contribution in [3.63, 3.8) is 0 Å². The van der Waals surface area contributed by atoms with E-state index in [1.165, 1.54) is 16.1 Å². The van der Waals surface area contributed by atoms with E-state index in [4.69, 9.17) is 4.98 Å². The molecule has 0 unspecified atom stereocenters. The van der Waals surface area contributed by atoms with Gasteiger partial charge in [0.25, 0.3) is 0 Å². The van der Waals surface area contributed by atoms with E-state index in [9.17, 15) is 0 Å². The Labute approximate surface area is 125 Å². The molecule has 1 N–H and O–H groups in total. The van der Waals surface area contributed by atoms with Crippen molar-refractivity contribution >= 4 is 11.3 Å². The summed E-state index contributed by atoms with van der Waals surface area (Å²) in [6.07, 6.45) is 3.88. The summed E-state index contributed by atoms with van der Waals surface area (Å²) in [7, 11) is 1.98. The summed E-state index contributed by atoms with van der Waals surface area (Å²) in [5.74, 6) is 0.620. The first-order valence-electron chi connectivity index (χ1n) is 7.23. The molecule has 0 fully saturated rings. The fraction of sp³-hybridized carbons (Fsp3) is 0.500. The Kier molecular flexibility index (Phi) is 5.26. The molecule has 2 rings (SSSR count). The number of rotatable bonds is 6. The predicted molar refractivity (Wildman–Crippen MR) is 86.0 cm³/mol. The first-order chi connectivity index (χ1) is 9.65. The zero-order valence-corrected chi connectivity index (χ0v) is 13.5. The van der Waals surface area contributed by atoms with Crippen LogP contribution in [-0.4, -0.2) is 17.0 Å². The summed E-state index contributed by atoms with van der Waals surface area (Å²) in [5, 5.41) is 4.30. The first-order valence-corrected chi connectivity index (χ1v) is 8.04. The highest BCUT2D eigenvalue weighted by molar-refractivity contribution is 7.15. The number of hydrogen-bond acceptors (Lipinski definition) is 4. The van der Waals surface area contributed by atoms with Crippen LogP contribution in [0.15, 0.2) is 18.3 Å². The van der Waals surface area contributed by atoms with E-state index in [-0.39, 0.29) is 0 Å². The summed E-state index contributed by atoms with van der Waals surface area (Å²) in [6.45, 7) is 7.52. The van der Waals surface area contributed by atoms with Gasteiger partial charge in [-0.1, -0.05) is 26.8 Å². The van der Waals surface area contributed by atoms with Crippen molar-refractivity contribution in [3.05, 3.63) is 34.5 Å². The second kappa shape index (κ2) is 6.95. The molecule has 2 aromatic rings. The van der Waals surface area contributed by atoms with Crippen molar-refractivity contribution in [2.45, 2.75) is 40.2 Å². The highest BCUT2D eigenvalue weighted by Gasteiger charge is 2.15. The fourth-order valence-electron chi connectivity index (χ4n) is 2.25. The van der Waals surface area contributed by atoms with Gasteiger partial charge in [-0.3, -0.25) is 4.98 Å². The molecule has 0 saturated carbocycles. The van der Waals surface area contributed by atoms with Crippen LogP contribution in [-0.2, 0) is 19.4 Å². The summed E-state index contributed by atoms with van der Waals surface area (Å²) < 4.78 is 0. The Bertz CT molecular complexity index is 561. The third-order valence-electron chi connectivity index (χ3n) is 3.19. The fourth-order valence-corrected chi connectivity index (χ4v) is 3.38. The zero-order chi connectivity index (χ0) is 14.5. The number of pyridine rings is 1. The number of nitrogens with one attached hydrogen (secondary N) is 1. The van der Waals surface area contributed by atoms with Crippen LogP contribution in [0.25, 0.3) is 10.7 Å². The lowest BCUT2D eigenvalue weighted by atomic mass is 10.1. The lowest BCUT2D eigenvalue weighted by molar-refractivity contribution is 0.631. The van der Waals surface area contributed by atoms with E-state index >= 15 is 0 Å². The minimum absolute atomic E-state index is 0.620. The summed E-state index contributed by atoms with van der Waals surface area (Å²) in [6, 6.07) is 4.14. The summed E-state index contributed by atoms with van der Waals surface area (Å²) in [5.41, 5.74) is 3.54. The van der Waals surface area contributed by atoms with Crippen LogP contribution in [0, 0.1) is 5.92 Å². The molecule has 0 aliphatic carbocycles. The van der Waals surface area contributed by atoms with Gasteiger partial charge in [0.1, 0.15) is 10.7 Å². The third-order valence-corrected chi connectivity index (χ3v) is 4.30. The van der Waals surface area contributed by atoms with Gasteiger partial charge in [-0.05, 0) is 37.4 Å². The smallest absolute Gasteiger partial charge is 0.142 e. The van der Waals surface area contributed by atoms with Crippen LogP contribution in [0.3, 0.4) is 0 Å². The Morgan fingerprint density at radius 1 is 1.35 bits per heavy atom. The minimum atomic E-state index is 0.620. The van der Waals surface area contributed by atoms with Crippen molar-refractivity contribution in [3.8, 4) is 10.7 Å². The van der Waals surface area contributed by atoms with Gasteiger partial charge in [0, 0.05) is 17.6 Å². The molecule has 0 amide bonds. The standard InChI is InChI=1S/C16H23N3S/c1-5-12-7-6-8-18-15(12)16-19-13(9-11(2)3)14(20-16)10-17-4/h6-8,11,17H,5,9-10H2,1-4H3. The van der Waals surface area contributed by atoms with Gasteiger partial charge < -0.3 is 5.32 Å². The maximum atomic E-state index is 4.86. The molecular weight excluding hydrogens is 266 g/mol. The molecule has 2 aromatic heterocycles. The number of aryl methyl sites for hydroxylation is 1. The van der Waals surface area contributed by atoms with Crippen molar-refractivity contribution in [2.24, 2.45) is 5.92 Å². The quantitative estimate of drug-likeness (QED) is 0.881. The Morgan fingerprint density at radius 3 is 2.80 bits per heavy atom. The molecule has 4 heteroatoms. The molecule has 2 heterocycles. The van der Waals surface area contributed by atoms with E-state index in [1.54, 1.807) is 11.3 Å². The molecule has 0 spiro atoms. The largest absolute Gasteiger partial charge is 0.315 e. The molecule has 0 aliphatic heterocycles. The molecule has 108 valence electrons. The average Bonchev–Trinajstić information content (AvgIpc) is 2.81. The van der Waals surface area contributed by atoms with Gasteiger partial charge in [-0.2, -0.15) is 0 Å². The third kappa shape index (κ3) is 3.44.